The van der Waals surface area contributed by atoms with E-state index in [1.165, 1.54) is 4.90 Å². The highest BCUT2D eigenvalue weighted by Gasteiger charge is 2.11. The van der Waals surface area contributed by atoms with Crippen molar-refractivity contribution in [1.29, 1.82) is 0 Å². The average molecular weight is 288 g/mol. The molecule has 2 rings (SSSR count). The fourth-order valence-electron chi connectivity index (χ4n) is 1.91. The van der Waals surface area contributed by atoms with Crippen LogP contribution in [0.15, 0.2) is 53.7 Å². The molecule has 0 radical (unpaired) electrons. The third-order valence-corrected chi connectivity index (χ3v) is 4.06. The van der Waals surface area contributed by atoms with Crippen molar-refractivity contribution in [2.45, 2.75) is 17.9 Å². The first-order valence-corrected chi connectivity index (χ1v) is 7.75. The number of rotatable bonds is 7. The van der Waals surface area contributed by atoms with Crippen molar-refractivity contribution in [1.82, 2.24) is 10.3 Å². The van der Waals surface area contributed by atoms with Gasteiger partial charge in [0.15, 0.2) is 0 Å². The van der Waals surface area contributed by atoms with Gasteiger partial charge in [-0.2, -0.15) is 0 Å². The molecule has 3 nitrogen and oxygen atoms in total. The quantitative estimate of drug-likeness (QED) is 0.790. The molecule has 1 unspecified atom stereocenters. The second-order valence-corrected chi connectivity index (χ2v) is 5.45. The fourth-order valence-corrected chi connectivity index (χ4v) is 2.98. The fraction of sp³-hybridized carbons (Fsp3) is 0.312. The van der Waals surface area contributed by atoms with E-state index in [2.05, 4.69) is 40.6 Å². The molecule has 0 saturated heterocycles. The molecule has 0 aliphatic heterocycles. The summed E-state index contributed by atoms with van der Waals surface area (Å²) in [5, 5.41) is 3.34. The summed E-state index contributed by atoms with van der Waals surface area (Å²) < 4.78 is 5.51. The van der Waals surface area contributed by atoms with E-state index in [9.17, 15) is 0 Å². The maximum absolute atomic E-state index is 5.51. The number of pyridine rings is 1. The number of benzene rings is 1. The lowest BCUT2D eigenvalue weighted by Crippen LogP contribution is -2.19. The Morgan fingerprint density at radius 2 is 2.05 bits per heavy atom. The van der Waals surface area contributed by atoms with Gasteiger partial charge in [0.1, 0.15) is 5.75 Å². The van der Waals surface area contributed by atoms with E-state index in [1.54, 1.807) is 6.20 Å². The zero-order chi connectivity index (χ0) is 14.2. The Morgan fingerprint density at radius 3 is 2.75 bits per heavy atom. The molecule has 0 aliphatic carbocycles. The zero-order valence-corrected chi connectivity index (χ0v) is 12.7. The van der Waals surface area contributed by atoms with Crippen LogP contribution in [-0.2, 0) is 0 Å². The molecule has 0 saturated carbocycles. The smallest absolute Gasteiger partial charge is 0.137 e. The van der Waals surface area contributed by atoms with E-state index in [1.807, 2.05) is 38.0 Å². The van der Waals surface area contributed by atoms with E-state index in [0.717, 1.165) is 17.1 Å². The SMILES string of the molecule is CCOc1cncc(C(CSc2ccccc2)NC)c1. The molecule has 2 aromatic rings. The second-order valence-electron chi connectivity index (χ2n) is 4.35. The summed E-state index contributed by atoms with van der Waals surface area (Å²) in [6.07, 6.45) is 3.65. The van der Waals surface area contributed by atoms with Gasteiger partial charge in [0.25, 0.3) is 0 Å². The van der Waals surface area contributed by atoms with E-state index in [4.69, 9.17) is 4.74 Å². The summed E-state index contributed by atoms with van der Waals surface area (Å²) >= 11 is 1.84. The third-order valence-electron chi connectivity index (χ3n) is 2.96. The van der Waals surface area contributed by atoms with Crippen molar-refractivity contribution in [3.63, 3.8) is 0 Å². The van der Waals surface area contributed by atoms with E-state index in [0.29, 0.717) is 6.61 Å². The highest BCUT2D eigenvalue weighted by molar-refractivity contribution is 7.99. The Bertz CT molecular complexity index is 519. The number of hydrogen-bond acceptors (Lipinski definition) is 4. The zero-order valence-electron chi connectivity index (χ0n) is 11.9. The van der Waals surface area contributed by atoms with E-state index in [-0.39, 0.29) is 6.04 Å². The molecule has 4 heteroatoms. The van der Waals surface area contributed by atoms with E-state index >= 15 is 0 Å². The molecule has 1 atom stereocenters. The van der Waals surface area contributed by atoms with Gasteiger partial charge in [-0.05, 0) is 37.7 Å². The minimum Gasteiger partial charge on any atom is -0.492 e. The van der Waals surface area contributed by atoms with Gasteiger partial charge in [-0.3, -0.25) is 4.98 Å². The second kappa shape index (κ2) is 7.92. The maximum Gasteiger partial charge on any atom is 0.137 e. The van der Waals surface area contributed by atoms with E-state index < -0.39 is 0 Å². The average Bonchev–Trinajstić information content (AvgIpc) is 2.50. The summed E-state index contributed by atoms with van der Waals surface area (Å²) in [6.45, 7) is 2.64. The summed E-state index contributed by atoms with van der Waals surface area (Å²) in [5.74, 6) is 1.78. The molecule has 0 bridgehead atoms. The maximum atomic E-state index is 5.51. The summed E-state index contributed by atoms with van der Waals surface area (Å²) in [4.78, 5) is 5.53. The molecule has 0 spiro atoms. The van der Waals surface area contributed by atoms with Crippen molar-refractivity contribution < 1.29 is 4.74 Å². The predicted octanol–water partition coefficient (Wildman–Crippen LogP) is 3.53. The molecular formula is C16H20N2OS. The number of thioether (sulfide) groups is 1. The van der Waals surface area contributed by atoms with Crippen LogP contribution in [0.3, 0.4) is 0 Å². The normalized spacial score (nSPS) is 12.1. The van der Waals surface area contributed by atoms with Crippen molar-refractivity contribution in [3.05, 3.63) is 54.4 Å². The molecule has 0 fully saturated rings. The van der Waals surface area contributed by atoms with Gasteiger partial charge in [0, 0.05) is 22.9 Å². The van der Waals surface area contributed by atoms with Crippen LogP contribution < -0.4 is 10.1 Å². The Hall–Kier alpha value is -1.52. The summed E-state index contributed by atoms with van der Waals surface area (Å²) in [6, 6.07) is 12.7. The third kappa shape index (κ3) is 4.25. The first-order valence-electron chi connectivity index (χ1n) is 6.76. The van der Waals surface area contributed by atoms with Gasteiger partial charge in [-0.15, -0.1) is 11.8 Å². The Morgan fingerprint density at radius 1 is 1.25 bits per heavy atom. The van der Waals surface area contributed by atoms with Crippen molar-refractivity contribution in [3.8, 4) is 5.75 Å². The standard InChI is InChI=1S/C16H20N2OS/c1-3-19-14-9-13(10-18-11-14)16(17-2)12-20-15-7-5-4-6-8-15/h4-11,16-17H,3,12H2,1-2H3. The molecular weight excluding hydrogens is 268 g/mol. The van der Waals surface area contributed by atoms with Gasteiger partial charge in [-0.25, -0.2) is 0 Å². The van der Waals surface area contributed by atoms with Crippen LogP contribution in [0.5, 0.6) is 5.75 Å². The van der Waals surface area contributed by atoms with Gasteiger partial charge >= 0.3 is 0 Å². The molecule has 1 heterocycles. The van der Waals surface area contributed by atoms with Crippen LogP contribution in [0.25, 0.3) is 0 Å². The number of aromatic nitrogens is 1. The van der Waals surface area contributed by atoms with Gasteiger partial charge in [0.05, 0.1) is 12.8 Å². The Labute approximate surface area is 124 Å². The lowest BCUT2D eigenvalue weighted by Gasteiger charge is -2.16. The van der Waals surface area contributed by atoms with Crippen molar-refractivity contribution in [2.24, 2.45) is 0 Å². The van der Waals surface area contributed by atoms with Crippen LogP contribution in [0.2, 0.25) is 0 Å². The minimum absolute atomic E-state index is 0.258. The highest BCUT2D eigenvalue weighted by Crippen LogP contribution is 2.25. The molecule has 1 aromatic carbocycles. The molecule has 106 valence electrons. The topological polar surface area (TPSA) is 34.1 Å². The molecule has 1 aromatic heterocycles. The van der Waals surface area contributed by atoms with Crippen molar-refractivity contribution >= 4 is 11.8 Å². The number of nitrogens with zero attached hydrogens (tertiary/aromatic N) is 1. The first-order chi connectivity index (χ1) is 9.83. The minimum atomic E-state index is 0.258. The van der Waals surface area contributed by atoms with Gasteiger partial charge < -0.3 is 10.1 Å². The van der Waals surface area contributed by atoms with Crippen LogP contribution >= 0.6 is 11.8 Å². The Balaban J connectivity index is 2.02. The molecule has 1 N–H and O–H groups in total. The predicted molar refractivity (Wildman–Crippen MR) is 84.4 cm³/mol. The Kier molecular flexibility index (Phi) is 5.89. The summed E-state index contributed by atoms with van der Waals surface area (Å²) in [5.41, 5.74) is 1.15. The molecule has 0 aliphatic rings. The van der Waals surface area contributed by atoms with Gasteiger partial charge in [0.2, 0.25) is 0 Å². The lowest BCUT2D eigenvalue weighted by atomic mass is 10.1. The monoisotopic (exact) mass is 288 g/mol. The molecule has 0 amide bonds. The largest absolute Gasteiger partial charge is 0.492 e. The highest BCUT2D eigenvalue weighted by atomic mass is 32.2. The van der Waals surface area contributed by atoms with Gasteiger partial charge in [-0.1, -0.05) is 18.2 Å². The van der Waals surface area contributed by atoms with Crippen LogP contribution in [-0.4, -0.2) is 24.4 Å². The molecule has 20 heavy (non-hydrogen) atoms. The van der Waals surface area contributed by atoms with Crippen LogP contribution in [0.1, 0.15) is 18.5 Å². The van der Waals surface area contributed by atoms with Crippen LogP contribution in [0, 0.1) is 0 Å². The number of hydrogen-bond donors (Lipinski definition) is 1. The van der Waals surface area contributed by atoms with Crippen molar-refractivity contribution in [2.75, 3.05) is 19.4 Å². The number of nitrogens with one attached hydrogen (secondary N) is 1. The summed E-state index contributed by atoms with van der Waals surface area (Å²) in [7, 11) is 1.98. The lowest BCUT2D eigenvalue weighted by molar-refractivity contribution is 0.338. The number of ether oxygens (including phenoxy) is 1. The first kappa shape index (κ1) is 14.9. The van der Waals surface area contributed by atoms with Crippen LogP contribution in [0.4, 0.5) is 0 Å².